The lowest BCUT2D eigenvalue weighted by atomic mass is 10.0. The van der Waals surface area contributed by atoms with Crippen LogP contribution in [0.5, 0.6) is 5.75 Å². The summed E-state index contributed by atoms with van der Waals surface area (Å²) < 4.78 is 5.79. The maximum absolute atomic E-state index is 10.2. The molecule has 1 N–H and O–H groups in total. The summed E-state index contributed by atoms with van der Waals surface area (Å²) in [4.78, 5) is 0. The van der Waals surface area contributed by atoms with Gasteiger partial charge in [-0.15, -0.1) is 0 Å². The minimum absolute atomic E-state index is 0.408. The minimum atomic E-state index is -0.438. The van der Waals surface area contributed by atoms with Gasteiger partial charge < -0.3 is 9.84 Å². The first-order chi connectivity index (χ1) is 11.2. The number of aliphatic hydroxyl groups excluding tert-OH is 1. The number of nitrogens with zero attached hydrogens (tertiary/aromatic N) is 1. The highest BCUT2D eigenvalue weighted by Gasteiger charge is 2.08. The van der Waals surface area contributed by atoms with Gasteiger partial charge in [-0.05, 0) is 41.8 Å². The second kappa shape index (κ2) is 8.97. The Balaban J connectivity index is 1.95. The lowest BCUT2D eigenvalue weighted by Gasteiger charge is -2.13. The molecule has 2 aromatic carbocycles. The maximum Gasteiger partial charge on any atom is 0.120 e. The molecule has 0 saturated heterocycles. The number of nitriles is 1. The molecule has 0 heterocycles. The molecule has 0 spiro atoms. The van der Waals surface area contributed by atoms with E-state index in [1.165, 1.54) is 0 Å². The highest BCUT2D eigenvalue weighted by atomic mass is 16.5. The summed E-state index contributed by atoms with van der Waals surface area (Å²) in [5, 5.41) is 19.1. The van der Waals surface area contributed by atoms with E-state index in [-0.39, 0.29) is 0 Å². The Labute approximate surface area is 138 Å². The van der Waals surface area contributed by atoms with Gasteiger partial charge in [-0.3, -0.25) is 0 Å². The van der Waals surface area contributed by atoms with Gasteiger partial charge in [0.25, 0.3) is 0 Å². The fraction of sp³-hybridized carbons (Fsp3) is 0.350. The van der Waals surface area contributed by atoms with E-state index < -0.39 is 6.10 Å². The van der Waals surface area contributed by atoms with Crippen LogP contribution in [-0.4, -0.2) is 5.11 Å². The van der Waals surface area contributed by atoms with E-state index in [1.54, 1.807) is 6.07 Å². The van der Waals surface area contributed by atoms with Crippen molar-refractivity contribution in [2.75, 3.05) is 0 Å². The summed E-state index contributed by atoms with van der Waals surface area (Å²) in [5.74, 6) is 0.736. The summed E-state index contributed by atoms with van der Waals surface area (Å²) in [5.41, 5.74) is 2.48. The zero-order valence-electron chi connectivity index (χ0n) is 13.5. The predicted octanol–water partition coefficient (Wildman–Crippen LogP) is 4.75. The molecule has 0 aliphatic heterocycles. The first-order valence-corrected chi connectivity index (χ1v) is 8.12. The van der Waals surface area contributed by atoms with Crippen LogP contribution in [0.3, 0.4) is 0 Å². The summed E-state index contributed by atoms with van der Waals surface area (Å²) >= 11 is 0. The summed E-state index contributed by atoms with van der Waals surface area (Å²) in [6.45, 7) is 2.56. The average molecular weight is 309 g/mol. The Morgan fingerprint density at radius 2 is 1.96 bits per heavy atom. The van der Waals surface area contributed by atoms with Gasteiger partial charge in [0.1, 0.15) is 12.4 Å². The average Bonchev–Trinajstić information content (AvgIpc) is 2.60. The van der Waals surface area contributed by atoms with Crippen molar-refractivity contribution in [3.63, 3.8) is 0 Å². The van der Waals surface area contributed by atoms with Crippen molar-refractivity contribution in [2.24, 2.45) is 0 Å². The van der Waals surface area contributed by atoms with Crippen molar-refractivity contribution in [1.82, 2.24) is 0 Å². The summed E-state index contributed by atoms with van der Waals surface area (Å²) in [6, 6.07) is 17.1. The fourth-order valence-electron chi connectivity index (χ4n) is 2.46. The van der Waals surface area contributed by atoms with Crippen LogP contribution in [0.1, 0.15) is 55.4 Å². The van der Waals surface area contributed by atoms with Crippen LogP contribution >= 0.6 is 0 Å². The molecule has 0 fully saturated rings. The molecule has 0 amide bonds. The predicted molar refractivity (Wildman–Crippen MR) is 91.0 cm³/mol. The van der Waals surface area contributed by atoms with Crippen LogP contribution in [0.15, 0.2) is 48.5 Å². The zero-order chi connectivity index (χ0) is 16.5. The van der Waals surface area contributed by atoms with E-state index >= 15 is 0 Å². The van der Waals surface area contributed by atoms with E-state index in [4.69, 9.17) is 10.00 Å². The molecule has 1 atom stereocenters. The van der Waals surface area contributed by atoms with Gasteiger partial charge in [0, 0.05) is 0 Å². The lowest BCUT2D eigenvalue weighted by molar-refractivity contribution is 0.163. The summed E-state index contributed by atoms with van der Waals surface area (Å²) in [7, 11) is 0. The first-order valence-electron chi connectivity index (χ1n) is 8.12. The van der Waals surface area contributed by atoms with E-state index in [1.807, 2.05) is 42.5 Å². The standard InChI is InChI=1S/C20H23NO2/c1-2-3-4-11-20(22)18-9-6-10-19(13-18)23-15-17-8-5-7-16(12-17)14-21/h5-10,12-13,20,22H,2-4,11,15H2,1H3. The number of hydrogen-bond acceptors (Lipinski definition) is 3. The van der Waals surface area contributed by atoms with Gasteiger partial charge in [-0.2, -0.15) is 5.26 Å². The van der Waals surface area contributed by atoms with Crippen LogP contribution in [-0.2, 0) is 6.61 Å². The highest BCUT2D eigenvalue weighted by Crippen LogP contribution is 2.24. The highest BCUT2D eigenvalue weighted by molar-refractivity contribution is 5.33. The number of hydrogen-bond donors (Lipinski definition) is 1. The molecule has 0 saturated carbocycles. The Hall–Kier alpha value is -2.31. The molecule has 23 heavy (non-hydrogen) atoms. The van der Waals surface area contributed by atoms with Gasteiger partial charge in [0.15, 0.2) is 0 Å². The van der Waals surface area contributed by atoms with Gasteiger partial charge >= 0.3 is 0 Å². The largest absolute Gasteiger partial charge is 0.489 e. The molecule has 0 aliphatic carbocycles. The van der Waals surface area contributed by atoms with Crippen molar-refractivity contribution >= 4 is 0 Å². The Bertz CT molecular complexity index is 661. The third kappa shape index (κ3) is 5.43. The smallest absolute Gasteiger partial charge is 0.120 e. The van der Waals surface area contributed by atoms with Gasteiger partial charge in [0.2, 0.25) is 0 Å². The third-order valence-electron chi connectivity index (χ3n) is 3.79. The molecule has 0 bridgehead atoms. The van der Waals surface area contributed by atoms with Crippen LogP contribution in [0.25, 0.3) is 0 Å². The fourth-order valence-corrected chi connectivity index (χ4v) is 2.46. The van der Waals surface area contributed by atoms with Crippen LogP contribution < -0.4 is 4.74 Å². The van der Waals surface area contributed by atoms with Crippen molar-refractivity contribution in [3.05, 3.63) is 65.2 Å². The molecular weight excluding hydrogens is 286 g/mol. The molecular formula is C20H23NO2. The number of aliphatic hydroxyl groups is 1. The van der Waals surface area contributed by atoms with Gasteiger partial charge in [0.05, 0.1) is 17.7 Å². The second-order valence-electron chi connectivity index (χ2n) is 5.68. The second-order valence-corrected chi connectivity index (χ2v) is 5.68. The van der Waals surface area contributed by atoms with Crippen molar-refractivity contribution < 1.29 is 9.84 Å². The Kier molecular flexibility index (Phi) is 6.65. The molecule has 2 rings (SSSR count). The van der Waals surface area contributed by atoms with Crippen molar-refractivity contribution in [1.29, 1.82) is 5.26 Å². The number of ether oxygens (including phenoxy) is 1. The maximum atomic E-state index is 10.2. The molecule has 0 radical (unpaired) electrons. The number of rotatable bonds is 8. The lowest BCUT2D eigenvalue weighted by Crippen LogP contribution is -2.00. The molecule has 3 nitrogen and oxygen atoms in total. The molecule has 0 aromatic heterocycles. The van der Waals surface area contributed by atoms with Gasteiger partial charge in [-0.25, -0.2) is 0 Å². The molecule has 1 unspecified atom stereocenters. The van der Waals surface area contributed by atoms with Gasteiger partial charge in [-0.1, -0.05) is 50.5 Å². The summed E-state index contributed by atoms with van der Waals surface area (Å²) in [6.07, 6.45) is 3.66. The molecule has 3 heteroatoms. The quantitative estimate of drug-likeness (QED) is 0.716. The first kappa shape index (κ1) is 17.1. The normalized spacial score (nSPS) is 11.7. The van der Waals surface area contributed by atoms with Crippen LogP contribution in [0.2, 0.25) is 0 Å². The van der Waals surface area contributed by atoms with Crippen LogP contribution in [0, 0.1) is 11.3 Å². The Morgan fingerprint density at radius 1 is 1.13 bits per heavy atom. The number of unbranched alkanes of at least 4 members (excludes halogenated alkanes) is 2. The van der Waals surface area contributed by atoms with Crippen LogP contribution in [0.4, 0.5) is 0 Å². The van der Waals surface area contributed by atoms with E-state index in [9.17, 15) is 5.11 Å². The Morgan fingerprint density at radius 3 is 2.74 bits per heavy atom. The van der Waals surface area contributed by atoms with E-state index in [0.29, 0.717) is 12.2 Å². The minimum Gasteiger partial charge on any atom is -0.489 e. The zero-order valence-corrected chi connectivity index (χ0v) is 13.5. The topological polar surface area (TPSA) is 53.2 Å². The molecule has 2 aromatic rings. The van der Waals surface area contributed by atoms with E-state index in [2.05, 4.69) is 13.0 Å². The third-order valence-corrected chi connectivity index (χ3v) is 3.79. The molecule has 120 valence electrons. The van der Waals surface area contributed by atoms with Crippen molar-refractivity contribution in [2.45, 2.75) is 45.3 Å². The monoisotopic (exact) mass is 309 g/mol. The number of benzene rings is 2. The van der Waals surface area contributed by atoms with Crippen molar-refractivity contribution in [3.8, 4) is 11.8 Å². The molecule has 0 aliphatic rings. The SMILES string of the molecule is CCCCCC(O)c1cccc(OCc2cccc(C#N)c2)c1. The van der Waals surface area contributed by atoms with E-state index in [0.717, 1.165) is 42.6 Å².